The Morgan fingerprint density at radius 1 is 0.500 bits per heavy atom. The van der Waals surface area contributed by atoms with Crippen molar-refractivity contribution in [3.05, 3.63) is 0 Å². The first-order valence-corrected chi connectivity index (χ1v) is 9.65. The number of hydrogen-bond donors (Lipinski definition) is 2. The first-order chi connectivity index (χ1) is 5.00. The van der Waals surface area contributed by atoms with E-state index in [0.717, 1.165) is 0 Å². The monoisotopic (exact) mass is 546 g/mol. The van der Waals surface area contributed by atoms with E-state index in [-0.39, 0.29) is 0 Å². The maximum atomic E-state index is 8.63. The summed E-state index contributed by atoms with van der Waals surface area (Å²) in [4.78, 5) is 0. The molecule has 2 N–H and O–H groups in total. The maximum absolute atomic E-state index is 8.63. The SMILES string of the molecule is OO.[O]=[Os](=[O])(=[O])=[O].[O]=[Os](=[O])(=[O])=[O]. The Labute approximate surface area is 68.7 Å². The minimum absolute atomic E-state index is 6.00. The van der Waals surface area contributed by atoms with Crippen molar-refractivity contribution in [1.82, 2.24) is 0 Å². The minimum atomic E-state index is -6.06. The van der Waals surface area contributed by atoms with Crippen LogP contribution in [0.1, 0.15) is 0 Å². The molecule has 0 amide bonds. The molecule has 0 saturated carbocycles. The summed E-state index contributed by atoms with van der Waals surface area (Å²) >= 11 is -12.1. The Bertz CT molecular complexity index is 366. The zero-order valence-electron chi connectivity index (χ0n) is 4.87. The van der Waals surface area contributed by atoms with Crippen molar-refractivity contribution in [1.29, 1.82) is 0 Å². The number of rotatable bonds is 0. The van der Waals surface area contributed by atoms with Gasteiger partial charge in [0.05, 0.1) is 0 Å². The van der Waals surface area contributed by atoms with Gasteiger partial charge in [-0.05, 0) is 0 Å². The van der Waals surface area contributed by atoms with E-state index < -0.39 is 29.7 Å². The van der Waals surface area contributed by atoms with Gasteiger partial charge in [-0.3, -0.25) is 10.5 Å². The second-order valence-corrected chi connectivity index (χ2v) is 5.79. The van der Waals surface area contributed by atoms with Crippen molar-refractivity contribution >= 4 is 0 Å². The van der Waals surface area contributed by atoms with Crippen molar-refractivity contribution in [2.75, 3.05) is 0 Å². The van der Waals surface area contributed by atoms with E-state index in [9.17, 15) is 0 Å². The zero-order chi connectivity index (χ0) is 11.0. The molecule has 0 rings (SSSR count). The predicted octanol–water partition coefficient (Wildman–Crippen LogP) is -0.938. The van der Waals surface area contributed by atoms with Gasteiger partial charge >= 0.3 is 58.0 Å². The number of hydrogen-bond acceptors (Lipinski definition) is 10. The van der Waals surface area contributed by atoms with Crippen molar-refractivity contribution < 1.29 is 68.5 Å². The van der Waals surface area contributed by atoms with Gasteiger partial charge in [0.1, 0.15) is 0 Å². The summed E-state index contributed by atoms with van der Waals surface area (Å²) in [6.45, 7) is 0. The quantitative estimate of drug-likeness (QED) is 0.287. The summed E-state index contributed by atoms with van der Waals surface area (Å²) in [6.07, 6.45) is 0. The van der Waals surface area contributed by atoms with E-state index in [0.29, 0.717) is 0 Å². The van der Waals surface area contributed by atoms with Crippen LogP contribution in [-0.4, -0.2) is 10.5 Å². The van der Waals surface area contributed by atoms with Gasteiger partial charge in [-0.2, -0.15) is 0 Å². The normalized spacial score (nSPS) is 9.83. The average molecular weight is 542 g/mol. The standard InChI is InChI=1S/H2O2.8O.2Os/c1-2;;;;;;;;;;/h1-2H;;;;;;;;;;. The van der Waals surface area contributed by atoms with E-state index in [2.05, 4.69) is 0 Å². The van der Waals surface area contributed by atoms with Crippen molar-refractivity contribution in [3.8, 4) is 0 Å². The van der Waals surface area contributed by atoms with Gasteiger partial charge in [-0.1, -0.05) is 0 Å². The van der Waals surface area contributed by atoms with Crippen LogP contribution in [0.15, 0.2) is 0 Å². The molecule has 0 heterocycles. The summed E-state index contributed by atoms with van der Waals surface area (Å²) in [6, 6.07) is 0. The Morgan fingerprint density at radius 2 is 0.500 bits per heavy atom. The van der Waals surface area contributed by atoms with Crippen LogP contribution in [0.2, 0.25) is 0 Å². The Hall–Kier alpha value is -0.407. The Kier molecular flexibility index (Phi) is 10.6. The van der Waals surface area contributed by atoms with Crippen molar-refractivity contribution in [2.45, 2.75) is 0 Å². The molecule has 0 aliphatic heterocycles. The van der Waals surface area contributed by atoms with Gasteiger partial charge in [-0.15, -0.1) is 0 Å². The first kappa shape index (κ1) is 17.6. The molecule has 10 nitrogen and oxygen atoms in total. The molecule has 12 heavy (non-hydrogen) atoms. The van der Waals surface area contributed by atoms with Crippen LogP contribution in [0.5, 0.6) is 0 Å². The fraction of sp³-hybridized carbons (Fsp3) is 0. The summed E-state index contributed by atoms with van der Waals surface area (Å²) in [5.74, 6) is 0. The molecule has 0 fully saturated rings. The van der Waals surface area contributed by atoms with Crippen LogP contribution in [0.4, 0.5) is 0 Å². The van der Waals surface area contributed by atoms with E-state index in [1.807, 2.05) is 0 Å². The van der Waals surface area contributed by atoms with E-state index >= 15 is 0 Å². The molecule has 0 unspecified atom stereocenters. The topological polar surface area (TPSA) is 177 Å². The van der Waals surface area contributed by atoms with Gasteiger partial charge in [0.15, 0.2) is 0 Å². The fourth-order valence-corrected chi connectivity index (χ4v) is 0. The molecule has 0 aromatic carbocycles. The van der Waals surface area contributed by atoms with Gasteiger partial charge in [0.2, 0.25) is 0 Å². The first-order valence-electron chi connectivity index (χ1n) is 1.35. The van der Waals surface area contributed by atoms with Crippen LogP contribution in [0.25, 0.3) is 0 Å². The Morgan fingerprint density at radius 3 is 0.500 bits per heavy atom. The third kappa shape index (κ3) is 4270. The third-order valence-corrected chi connectivity index (χ3v) is 0. The van der Waals surface area contributed by atoms with Crippen molar-refractivity contribution in [3.63, 3.8) is 0 Å². The Balaban J connectivity index is -0.000000112. The van der Waals surface area contributed by atoms with Gasteiger partial charge < -0.3 is 0 Å². The second-order valence-electron chi connectivity index (χ2n) is 0.707. The predicted molar refractivity (Wildman–Crippen MR) is 10.7 cm³/mol. The second kappa shape index (κ2) is 7.25. The van der Waals surface area contributed by atoms with Gasteiger partial charge in [-0.25, -0.2) is 0 Å². The average Bonchev–Trinajstić information content (AvgIpc) is 1.59. The molecular formula is H2O10Os2. The van der Waals surface area contributed by atoms with E-state index in [1.165, 1.54) is 0 Å². The molecule has 0 aromatic heterocycles. The molecule has 0 aliphatic carbocycles. The summed E-state index contributed by atoms with van der Waals surface area (Å²) in [7, 11) is 0. The van der Waals surface area contributed by atoms with Crippen LogP contribution in [0.3, 0.4) is 0 Å². The van der Waals surface area contributed by atoms with Gasteiger partial charge in [0.25, 0.3) is 0 Å². The molecule has 0 atom stereocenters. The fourth-order valence-electron chi connectivity index (χ4n) is 0. The van der Waals surface area contributed by atoms with E-state index in [1.54, 1.807) is 0 Å². The summed E-state index contributed by atoms with van der Waals surface area (Å²) < 4.78 is 69.1. The third-order valence-electron chi connectivity index (χ3n) is 0. The van der Waals surface area contributed by atoms with Gasteiger partial charge in [0, 0.05) is 0 Å². The van der Waals surface area contributed by atoms with Crippen LogP contribution in [0, 0.1) is 0 Å². The van der Waals surface area contributed by atoms with E-state index in [4.69, 9.17) is 38.8 Å². The molecule has 78 valence electrons. The van der Waals surface area contributed by atoms with Crippen molar-refractivity contribution in [2.24, 2.45) is 0 Å². The molecule has 0 saturated heterocycles. The molecule has 0 bridgehead atoms. The molecule has 0 aliphatic rings. The zero-order valence-corrected chi connectivity index (χ0v) is 9.95. The van der Waals surface area contributed by atoms with Crippen LogP contribution < -0.4 is 0 Å². The molecule has 12 heteroatoms. The molecule has 0 aromatic rings. The summed E-state index contributed by atoms with van der Waals surface area (Å²) in [5, 5.41) is 12.0. The van der Waals surface area contributed by atoms with Crippen LogP contribution in [-0.2, 0) is 58.0 Å². The molecule has 0 spiro atoms. The molecule has 0 radical (unpaired) electrons. The van der Waals surface area contributed by atoms with Crippen LogP contribution >= 0.6 is 0 Å². The summed E-state index contributed by atoms with van der Waals surface area (Å²) in [5.41, 5.74) is 0. The molecular weight excluding hydrogens is 540 g/mol.